The van der Waals surface area contributed by atoms with Crippen LogP contribution in [0.1, 0.15) is 41.7 Å². The second kappa shape index (κ2) is 5.52. The third-order valence-corrected chi connectivity index (χ3v) is 3.75. The fourth-order valence-electron chi connectivity index (χ4n) is 2.63. The molecule has 0 aromatic carbocycles. The second-order valence-corrected chi connectivity index (χ2v) is 5.22. The van der Waals surface area contributed by atoms with Crippen molar-refractivity contribution in [3.8, 4) is 0 Å². The summed E-state index contributed by atoms with van der Waals surface area (Å²) in [6, 6.07) is 0.231. The van der Waals surface area contributed by atoms with Crippen molar-refractivity contribution in [3.63, 3.8) is 0 Å². The predicted molar refractivity (Wildman–Crippen MR) is 70.2 cm³/mol. The van der Waals surface area contributed by atoms with Gasteiger partial charge in [-0.05, 0) is 25.7 Å². The van der Waals surface area contributed by atoms with Gasteiger partial charge in [-0.3, -0.25) is 9.48 Å². The molecule has 18 heavy (non-hydrogen) atoms. The van der Waals surface area contributed by atoms with E-state index in [0.717, 1.165) is 18.5 Å². The van der Waals surface area contributed by atoms with Crippen LogP contribution >= 0.6 is 0 Å². The third-order valence-electron chi connectivity index (χ3n) is 3.75. The van der Waals surface area contributed by atoms with Gasteiger partial charge < -0.3 is 11.1 Å². The zero-order valence-electron chi connectivity index (χ0n) is 11.1. The average molecular weight is 250 g/mol. The first-order chi connectivity index (χ1) is 8.58. The summed E-state index contributed by atoms with van der Waals surface area (Å²) in [4.78, 5) is 12.0. The molecule has 100 valence electrons. The summed E-state index contributed by atoms with van der Waals surface area (Å²) in [5.74, 6) is 0.373. The van der Waals surface area contributed by atoms with Gasteiger partial charge in [0, 0.05) is 25.8 Å². The number of nitrogens with two attached hydrogens (primary N) is 1. The molecule has 1 aliphatic carbocycles. The molecule has 0 aliphatic heterocycles. The highest BCUT2D eigenvalue weighted by Crippen LogP contribution is 2.22. The fourth-order valence-corrected chi connectivity index (χ4v) is 2.63. The summed E-state index contributed by atoms with van der Waals surface area (Å²) in [5, 5.41) is 7.15. The van der Waals surface area contributed by atoms with E-state index in [9.17, 15) is 4.79 Å². The summed E-state index contributed by atoms with van der Waals surface area (Å²) in [5.41, 5.74) is 7.49. The molecule has 1 aliphatic rings. The molecule has 1 saturated carbocycles. The van der Waals surface area contributed by atoms with E-state index in [-0.39, 0.29) is 11.9 Å². The van der Waals surface area contributed by atoms with Crippen molar-refractivity contribution in [2.24, 2.45) is 18.7 Å². The van der Waals surface area contributed by atoms with E-state index < -0.39 is 0 Å². The SMILES string of the molecule is Cc1nn(C)cc1C(=O)NCC1CCCCC1N. The van der Waals surface area contributed by atoms with Crippen molar-refractivity contribution >= 4 is 5.91 Å². The monoisotopic (exact) mass is 250 g/mol. The smallest absolute Gasteiger partial charge is 0.254 e. The molecule has 1 heterocycles. The molecule has 2 rings (SSSR count). The van der Waals surface area contributed by atoms with Gasteiger partial charge in [-0.1, -0.05) is 12.8 Å². The first-order valence-electron chi connectivity index (χ1n) is 6.62. The lowest BCUT2D eigenvalue weighted by molar-refractivity contribution is 0.0940. The minimum absolute atomic E-state index is 0.0432. The molecule has 0 saturated heterocycles. The Balaban J connectivity index is 1.90. The number of nitrogens with one attached hydrogen (secondary N) is 1. The van der Waals surface area contributed by atoms with Crippen molar-refractivity contribution in [2.45, 2.75) is 38.6 Å². The maximum atomic E-state index is 12.0. The number of amides is 1. The Morgan fingerprint density at radius 3 is 2.89 bits per heavy atom. The normalized spacial score (nSPS) is 23.9. The van der Waals surface area contributed by atoms with Gasteiger partial charge in [0.05, 0.1) is 11.3 Å². The number of aromatic nitrogens is 2. The Labute approximate surface area is 108 Å². The van der Waals surface area contributed by atoms with E-state index in [2.05, 4.69) is 10.4 Å². The number of carbonyl (C=O) groups is 1. The molecule has 5 heteroatoms. The van der Waals surface area contributed by atoms with Crippen LogP contribution in [0.15, 0.2) is 6.20 Å². The van der Waals surface area contributed by atoms with Crippen LogP contribution in [0.3, 0.4) is 0 Å². The lowest BCUT2D eigenvalue weighted by Gasteiger charge is -2.28. The quantitative estimate of drug-likeness (QED) is 0.839. The molecule has 1 amide bonds. The topological polar surface area (TPSA) is 72.9 Å². The minimum Gasteiger partial charge on any atom is -0.352 e. The van der Waals surface area contributed by atoms with Crippen LogP contribution in [-0.2, 0) is 7.05 Å². The maximum Gasteiger partial charge on any atom is 0.254 e. The number of aryl methyl sites for hydroxylation is 2. The molecule has 1 aromatic rings. The van der Waals surface area contributed by atoms with Crippen molar-refractivity contribution in [1.82, 2.24) is 15.1 Å². The van der Waals surface area contributed by atoms with Gasteiger partial charge in [0.2, 0.25) is 0 Å². The van der Waals surface area contributed by atoms with Gasteiger partial charge in [-0.15, -0.1) is 0 Å². The largest absolute Gasteiger partial charge is 0.352 e. The zero-order valence-corrected chi connectivity index (χ0v) is 11.1. The van der Waals surface area contributed by atoms with Crippen molar-refractivity contribution in [1.29, 1.82) is 0 Å². The Hall–Kier alpha value is -1.36. The zero-order chi connectivity index (χ0) is 13.1. The van der Waals surface area contributed by atoms with Crippen LogP contribution in [-0.4, -0.2) is 28.3 Å². The number of carbonyl (C=O) groups excluding carboxylic acids is 1. The Kier molecular flexibility index (Phi) is 4.01. The molecule has 0 radical (unpaired) electrons. The molecule has 1 aromatic heterocycles. The second-order valence-electron chi connectivity index (χ2n) is 5.22. The van der Waals surface area contributed by atoms with Gasteiger partial charge in [0.25, 0.3) is 5.91 Å². The van der Waals surface area contributed by atoms with Crippen LogP contribution in [0, 0.1) is 12.8 Å². The summed E-state index contributed by atoms with van der Waals surface area (Å²) < 4.78 is 1.66. The lowest BCUT2D eigenvalue weighted by Crippen LogP contribution is -2.41. The number of rotatable bonds is 3. The van der Waals surface area contributed by atoms with E-state index in [0.29, 0.717) is 18.0 Å². The lowest BCUT2D eigenvalue weighted by atomic mass is 9.85. The molecule has 2 unspecified atom stereocenters. The molecule has 1 fully saturated rings. The van der Waals surface area contributed by atoms with Gasteiger partial charge in [-0.25, -0.2) is 0 Å². The molecule has 0 bridgehead atoms. The molecular formula is C13H22N4O. The Bertz CT molecular complexity index is 427. The summed E-state index contributed by atoms with van der Waals surface area (Å²) in [6.07, 6.45) is 6.39. The van der Waals surface area contributed by atoms with E-state index in [4.69, 9.17) is 5.73 Å². The number of hydrogen-bond acceptors (Lipinski definition) is 3. The molecule has 0 spiro atoms. The van der Waals surface area contributed by atoms with E-state index in [1.54, 1.807) is 10.9 Å². The summed E-state index contributed by atoms with van der Waals surface area (Å²) in [7, 11) is 1.82. The molecule has 5 nitrogen and oxygen atoms in total. The highest BCUT2D eigenvalue weighted by atomic mass is 16.1. The molecule has 2 atom stereocenters. The van der Waals surface area contributed by atoms with Crippen LogP contribution < -0.4 is 11.1 Å². The van der Waals surface area contributed by atoms with E-state index in [1.807, 2.05) is 14.0 Å². The predicted octanol–water partition coefficient (Wildman–Crippen LogP) is 0.976. The van der Waals surface area contributed by atoms with Crippen molar-refractivity contribution < 1.29 is 4.79 Å². The Morgan fingerprint density at radius 2 is 2.28 bits per heavy atom. The average Bonchev–Trinajstić information content (AvgIpc) is 2.67. The molecular weight excluding hydrogens is 228 g/mol. The summed E-state index contributed by atoms with van der Waals surface area (Å²) >= 11 is 0. The van der Waals surface area contributed by atoms with Crippen molar-refractivity contribution in [2.75, 3.05) is 6.54 Å². The first-order valence-corrected chi connectivity index (χ1v) is 6.62. The number of hydrogen-bond donors (Lipinski definition) is 2. The fraction of sp³-hybridized carbons (Fsp3) is 0.692. The maximum absolute atomic E-state index is 12.0. The van der Waals surface area contributed by atoms with Gasteiger partial charge in [0.1, 0.15) is 0 Å². The highest BCUT2D eigenvalue weighted by molar-refractivity contribution is 5.94. The van der Waals surface area contributed by atoms with Gasteiger partial charge >= 0.3 is 0 Å². The first kappa shape index (κ1) is 13.1. The standard InChI is InChI=1S/C13H22N4O/c1-9-11(8-17(2)16-9)13(18)15-7-10-5-3-4-6-12(10)14/h8,10,12H,3-7,14H2,1-2H3,(H,15,18). The number of nitrogens with zero attached hydrogens (tertiary/aromatic N) is 2. The summed E-state index contributed by atoms with van der Waals surface area (Å²) in [6.45, 7) is 2.52. The third kappa shape index (κ3) is 2.90. The Morgan fingerprint density at radius 1 is 1.56 bits per heavy atom. The van der Waals surface area contributed by atoms with Gasteiger partial charge in [-0.2, -0.15) is 5.10 Å². The van der Waals surface area contributed by atoms with E-state index >= 15 is 0 Å². The highest BCUT2D eigenvalue weighted by Gasteiger charge is 2.22. The molecule has 3 N–H and O–H groups in total. The van der Waals surface area contributed by atoms with Crippen molar-refractivity contribution in [3.05, 3.63) is 17.5 Å². The minimum atomic E-state index is -0.0432. The van der Waals surface area contributed by atoms with Crippen LogP contribution in [0.25, 0.3) is 0 Å². The van der Waals surface area contributed by atoms with Gasteiger partial charge in [0.15, 0.2) is 0 Å². The van der Waals surface area contributed by atoms with Crippen LogP contribution in [0.2, 0.25) is 0 Å². The van der Waals surface area contributed by atoms with E-state index in [1.165, 1.54) is 12.8 Å². The van der Waals surface area contributed by atoms with Crippen LogP contribution in [0.5, 0.6) is 0 Å². The van der Waals surface area contributed by atoms with Crippen LogP contribution in [0.4, 0.5) is 0 Å².